The first-order valence-electron chi connectivity index (χ1n) is 7.70. The number of hydrogen-bond acceptors (Lipinski definition) is 4. The SMILES string of the molecule is COc1ccc(NC(=O)c2cccc(C(=O)NCC(C)C)n2)cc1. The van der Waals surface area contributed by atoms with Gasteiger partial charge >= 0.3 is 0 Å². The number of anilines is 1. The van der Waals surface area contributed by atoms with Crippen LogP contribution in [-0.4, -0.2) is 30.5 Å². The molecule has 0 spiro atoms. The quantitative estimate of drug-likeness (QED) is 0.855. The zero-order valence-electron chi connectivity index (χ0n) is 14.0. The highest BCUT2D eigenvalue weighted by Crippen LogP contribution is 2.15. The minimum absolute atomic E-state index is 0.183. The van der Waals surface area contributed by atoms with Crippen molar-refractivity contribution in [2.45, 2.75) is 13.8 Å². The summed E-state index contributed by atoms with van der Waals surface area (Å²) in [7, 11) is 1.58. The number of amides is 2. The molecule has 0 fully saturated rings. The first-order valence-corrected chi connectivity index (χ1v) is 7.70. The molecule has 1 aromatic heterocycles. The fourth-order valence-electron chi connectivity index (χ4n) is 1.94. The Hall–Kier alpha value is -2.89. The number of nitrogens with zero attached hydrogens (tertiary/aromatic N) is 1. The second kappa shape index (κ2) is 8.10. The number of methoxy groups -OCH3 is 1. The lowest BCUT2D eigenvalue weighted by Gasteiger charge is -2.09. The zero-order chi connectivity index (χ0) is 17.5. The molecule has 24 heavy (non-hydrogen) atoms. The average molecular weight is 327 g/mol. The molecule has 6 nitrogen and oxygen atoms in total. The minimum atomic E-state index is -0.376. The third-order valence-corrected chi connectivity index (χ3v) is 3.23. The lowest BCUT2D eigenvalue weighted by molar-refractivity contribution is 0.0944. The molecule has 0 saturated carbocycles. The van der Waals surface area contributed by atoms with E-state index in [9.17, 15) is 9.59 Å². The number of carbonyl (C=O) groups excluding carboxylic acids is 2. The Morgan fingerprint density at radius 3 is 2.25 bits per heavy atom. The summed E-state index contributed by atoms with van der Waals surface area (Å²) in [6.07, 6.45) is 0. The fraction of sp³-hybridized carbons (Fsp3) is 0.278. The normalized spacial score (nSPS) is 10.3. The van der Waals surface area contributed by atoms with E-state index >= 15 is 0 Å². The Morgan fingerprint density at radius 1 is 1.04 bits per heavy atom. The predicted octanol–water partition coefficient (Wildman–Crippen LogP) is 2.73. The largest absolute Gasteiger partial charge is 0.497 e. The zero-order valence-corrected chi connectivity index (χ0v) is 14.0. The van der Waals surface area contributed by atoms with Crippen LogP contribution < -0.4 is 15.4 Å². The maximum absolute atomic E-state index is 12.3. The Kier molecular flexibility index (Phi) is 5.89. The Morgan fingerprint density at radius 2 is 1.67 bits per heavy atom. The lowest BCUT2D eigenvalue weighted by Crippen LogP contribution is -2.28. The van der Waals surface area contributed by atoms with Crippen LogP contribution in [0, 0.1) is 5.92 Å². The molecular weight excluding hydrogens is 306 g/mol. The van der Waals surface area contributed by atoms with Crippen molar-refractivity contribution in [2.24, 2.45) is 5.92 Å². The maximum atomic E-state index is 12.3. The van der Waals surface area contributed by atoms with Gasteiger partial charge in [0.25, 0.3) is 11.8 Å². The Bertz CT molecular complexity index is 712. The van der Waals surface area contributed by atoms with E-state index in [1.807, 2.05) is 13.8 Å². The average Bonchev–Trinajstić information content (AvgIpc) is 2.60. The second-order valence-electron chi connectivity index (χ2n) is 5.69. The molecule has 0 aliphatic carbocycles. The molecule has 2 rings (SSSR count). The van der Waals surface area contributed by atoms with E-state index in [1.54, 1.807) is 49.6 Å². The number of rotatable bonds is 6. The number of ether oxygens (including phenoxy) is 1. The van der Waals surface area contributed by atoms with Crippen molar-refractivity contribution in [3.05, 3.63) is 53.9 Å². The summed E-state index contributed by atoms with van der Waals surface area (Å²) in [6.45, 7) is 4.57. The van der Waals surface area contributed by atoms with Crippen LogP contribution in [0.5, 0.6) is 5.75 Å². The summed E-state index contributed by atoms with van der Waals surface area (Å²) in [5, 5.41) is 5.52. The van der Waals surface area contributed by atoms with Gasteiger partial charge < -0.3 is 15.4 Å². The molecule has 0 atom stereocenters. The Balaban J connectivity index is 2.06. The van der Waals surface area contributed by atoms with Gasteiger partial charge in [0.1, 0.15) is 17.1 Å². The van der Waals surface area contributed by atoms with E-state index in [1.165, 1.54) is 0 Å². The van der Waals surface area contributed by atoms with Crippen LogP contribution in [-0.2, 0) is 0 Å². The first-order chi connectivity index (χ1) is 11.5. The van der Waals surface area contributed by atoms with Gasteiger partial charge in [0.15, 0.2) is 0 Å². The minimum Gasteiger partial charge on any atom is -0.497 e. The second-order valence-corrected chi connectivity index (χ2v) is 5.69. The van der Waals surface area contributed by atoms with Gasteiger partial charge in [-0.05, 0) is 42.3 Å². The van der Waals surface area contributed by atoms with Crippen molar-refractivity contribution in [1.82, 2.24) is 10.3 Å². The molecule has 126 valence electrons. The van der Waals surface area contributed by atoms with Crippen molar-refractivity contribution in [3.8, 4) is 5.75 Å². The number of pyridine rings is 1. The summed E-state index contributed by atoms with van der Waals surface area (Å²) in [5.74, 6) is 0.381. The third-order valence-electron chi connectivity index (χ3n) is 3.23. The monoisotopic (exact) mass is 327 g/mol. The van der Waals surface area contributed by atoms with E-state index in [0.29, 0.717) is 23.9 Å². The van der Waals surface area contributed by atoms with Crippen molar-refractivity contribution < 1.29 is 14.3 Å². The van der Waals surface area contributed by atoms with Gasteiger partial charge in [0, 0.05) is 12.2 Å². The molecular formula is C18H21N3O3. The highest BCUT2D eigenvalue weighted by atomic mass is 16.5. The van der Waals surface area contributed by atoms with Crippen LogP contribution in [0.2, 0.25) is 0 Å². The highest BCUT2D eigenvalue weighted by molar-refractivity contribution is 6.03. The van der Waals surface area contributed by atoms with Crippen LogP contribution in [0.25, 0.3) is 0 Å². The van der Waals surface area contributed by atoms with E-state index in [0.717, 1.165) is 0 Å². The van der Waals surface area contributed by atoms with E-state index in [-0.39, 0.29) is 23.2 Å². The summed E-state index contributed by atoms with van der Waals surface area (Å²) in [5.41, 5.74) is 1.03. The number of hydrogen-bond donors (Lipinski definition) is 2. The maximum Gasteiger partial charge on any atom is 0.274 e. The summed E-state index contributed by atoms with van der Waals surface area (Å²) >= 11 is 0. The van der Waals surface area contributed by atoms with Crippen LogP contribution >= 0.6 is 0 Å². The molecule has 0 unspecified atom stereocenters. The molecule has 0 aliphatic heterocycles. The van der Waals surface area contributed by atoms with Crippen molar-refractivity contribution in [3.63, 3.8) is 0 Å². The van der Waals surface area contributed by atoms with Crippen molar-refractivity contribution >= 4 is 17.5 Å². The molecule has 2 amide bonds. The number of nitrogens with one attached hydrogen (secondary N) is 2. The van der Waals surface area contributed by atoms with Gasteiger partial charge in [-0.3, -0.25) is 9.59 Å². The lowest BCUT2D eigenvalue weighted by atomic mass is 10.2. The molecule has 1 aromatic carbocycles. The molecule has 6 heteroatoms. The molecule has 2 aromatic rings. The molecule has 0 aliphatic rings. The molecule has 0 radical (unpaired) electrons. The smallest absolute Gasteiger partial charge is 0.274 e. The topological polar surface area (TPSA) is 80.3 Å². The molecule has 1 heterocycles. The molecule has 0 saturated heterocycles. The van der Waals surface area contributed by atoms with Gasteiger partial charge in [-0.1, -0.05) is 19.9 Å². The van der Waals surface area contributed by atoms with Gasteiger partial charge in [-0.25, -0.2) is 4.98 Å². The van der Waals surface area contributed by atoms with Crippen LogP contribution in [0.3, 0.4) is 0 Å². The Labute approximate surface area is 141 Å². The highest BCUT2D eigenvalue weighted by Gasteiger charge is 2.12. The van der Waals surface area contributed by atoms with Crippen molar-refractivity contribution in [1.29, 1.82) is 0 Å². The standard InChI is InChI=1S/C18H21N3O3/c1-12(2)11-19-17(22)15-5-4-6-16(21-15)18(23)20-13-7-9-14(24-3)10-8-13/h4-10,12H,11H2,1-3H3,(H,19,22)(H,20,23). The van der Waals surface area contributed by atoms with Gasteiger partial charge in [-0.15, -0.1) is 0 Å². The number of carbonyl (C=O) groups is 2. The van der Waals surface area contributed by atoms with Crippen LogP contribution in [0.1, 0.15) is 34.8 Å². The van der Waals surface area contributed by atoms with Gasteiger partial charge in [-0.2, -0.15) is 0 Å². The summed E-state index contributed by atoms with van der Waals surface area (Å²) in [6, 6.07) is 11.8. The van der Waals surface area contributed by atoms with Gasteiger partial charge in [0.05, 0.1) is 7.11 Å². The van der Waals surface area contributed by atoms with Gasteiger partial charge in [0.2, 0.25) is 0 Å². The molecule has 0 bridgehead atoms. The number of benzene rings is 1. The first kappa shape index (κ1) is 17.5. The van der Waals surface area contributed by atoms with E-state index in [4.69, 9.17) is 4.74 Å². The third kappa shape index (κ3) is 4.81. The van der Waals surface area contributed by atoms with Crippen molar-refractivity contribution in [2.75, 3.05) is 19.0 Å². The summed E-state index contributed by atoms with van der Waals surface area (Å²) < 4.78 is 5.07. The van der Waals surface area contributed by atoms with E-state index in [2.05, 4.69) is 15.6 Å². The summed E-state index contributed by atoms with van der Waals surface area (Å²) in [4.78, 5) is 28.4. The van der Waals surface area contributed by atoms with Crippen LogP contribution in [0.15, 0.2) is 42.5 Å². The van der Waals surface area contributed by atoms with E-state index < -0.39 is 0 Å². The fourth-order valence-corrected chi connectivity index (χ4v) is 1.94. The van der Waals surface area contributed by atoms with Crippen LogP contribution in [0.4, 0.5) is 5.69 Å². The predicted molar refractivity (Wildman–Crippen MR) is 92.4 cm³/mol. The number of aromatic nitrogens is 1. The molecule has 2 N–H and O–H groups in total.